The van der Waals surface area contributed by atoms with Gasteiger partial charge in [0, 0.05) is 10.7 Å². The predicted octanol–water partition coefficient (Wildman–Crippen LogP) is 3.74. The summed E-state index contributed by atoms with van der Waals surface area (Å²) in [4.78, 5) is 4.34. The maximum absolute atomic E-state index is 7.68. The molecule has 0 unspecified atom stereocenters. The molecule has 0 fully saturated rings. The first-order chi connectivity index (χ1) is 9.38. The van der Waals surface area contributed by atoms with Gasteiger partial charge in [-0.15, -0.1) is 0 Å². The maximum atomic E-state index is 7.68. The molecule has 0 aliphatic carbocycles. The average molecular weight is 290 g/mol. The Balaban J connectivity index is 2.53. The largest absolute Gasteiger partial charge is 0.438 e. The van der Waals surface area contributed by atoms with E-state index >= 15 is 0 Å². The molecule has 0 bridgehead atoms. The number of benzene rings is 1. The molecule has 5 heteroatoms. The lowest BCUT2D eigenvalue weighted by atomic mass is 10.1. The highest BCUT2D eigenvalue weighted by Crippen LogP contribution is 2.30. The van der Waals surface area contributed by atoms with Crippen LogP contribution in [0, 0.1) is 26.2 Å². The molecule has 2 aromatic rings. The van der Waals surface area contributed by atoms with Gasteiger partial charge >= 0.3 is 0 Å². The van der Waals surface area contributed by atoms with Crippen molar-refractivity contribution in [2.24, 2.45) is 5.73 Å². The standard InChI is InChI=1S/C15H16ClN3O/c1-8-4-5-11(16)7-12(8)20-15-13(14(17)18)9(2)6-10(3)19-15/h4-7H,1-3H3,(H3,17,18). The van der Waals surface area contributed by atoms with E-state index in [1.54, 1.807) is 12.1 Å². The molecule has 20 heavy (non-hydrogen) atoms. The Morgan fingerprint density at radius 3 is 2.55 bits per heavy atom. The highest BCUT2D eigenvalue weighted by atomic mass is 35.5. The Morgan fingerprint density at radius 1 is 1.20 bits per heavy atom. The minimum absolute atomic E-state index is 0.0651. The smallest absolute Gasteiger partial charge is 0.230 e. The number of ether oxygens (including phenoxy) is 1. The van der Waals surface area contributed by atoms with Crippen LogP contribution in [0.4, 0.5) is 0 Å². The second kappa shape index (κ2) is 5.51. The molecule has 2 rings (SSSR count). The fraction of sp³-hybridized carbons (Fsp3) is 0.200. The molecule has 0 aliphatic heterocycles. The number of aryl methyl sites for hydroxylation is 3. The number of halogens is 1. The second-order valence-corrected chi connectivity index (χ2v) is 5.12. The summed E-state index contributed by atoms with van der Waals surface area (Å²) in [5, 5.41) is 8.26. The van der Waals surface area contributed by atoms with Crippen molar-refractivity contribution in [3.63, 3.8) is 0 Å². The van der Waals surface area contributed by atoms with Crippen LogP contribution < -0.4 is 10.5 Å². The summed E-state index contributed by atoms with van der Waals surface area (Å²) in [5.74, 6) is 0.877. The van der Waals surface area contributed by atoms with Gasteiger partial charge in [0.25, 0.3) is 0 Å². The molecule has 0 radical (unpaired) electrons. The second-order valence-electron chi connectivity index (χ2n) is 4.69. The zero-order valence-corrected chi connectivity index (χ0v) is 12.4. The van der Waals surface area contributed by atoms with Crippen molar-refractivity contribution in [1.29, 1.82) is 5.41 Å². The highest BCUT2D eigenvalue weighted by molar-refractivity contribution is 6.30. The molecule has 0 spiro atoms. The van der Waals surface area contributed by atoms with Gasteiger partial charge in [-0.05, 0) is 50.1 Å². The van der Waals surface area contributed by atoms with Gasteiger partial charge in [0.05, 0.1) is 5.56 Å². The number of rotatable bonds is 3. The molecule has 104 valence electrons. The summed E-state index contributed by atoms with van der Waals surface area (Å²) < 4.78 is 5.83. The maximum Gasteiger partial charge on any atom is 0.230 e. The fourth-order valence-electron chi connectivity index (χ4n) is 1.99. The summed E-state index contributed by atoms with van der Waals surface area (Å²) >= 11 is 5.98. The van der Waals surface area contributed by atoms with E-state index in [4.69, 9.17) is 27.5 Å². The number of amidine groups is 1. The van der Waals surface area contributed by atoms with Crippen molar-refractivity contribution in [2.45, 2.75) is 20.8 Å². The third-order valence-corrected chi connectivity index (χ3v) is 3.17. The lowest BCUT2D eigenvalue weighted by Gasteiger charge is -2.14. The third-order valence-electron chi connectivity index (χ3n) is 2.94. The van der Waals surface area contributed by atoms with E-state index < -0.39 is 0 Å². The topological polar surface area (TPSA) is 72.0 Å². The molecule has 4 nitrogen and oxygen atoms in total. The highest BCUT2D eigenvalue weighted by Gasteiger charge is 2.15. The van der Waals surface area contributed by atoms with Crippen LogP contribution in [0.2, 0.25) is 5.02 Å². The Bertz CT molecular complexity index is 683. The minimum Gasteiger partial charge on any atom is -0.438 e. The van der Waals surface area contributed by atoms with Gasteiger partial charge in [-0.3, -0.25) is 5.41 Å². The average Bonchev–Trinajstić information content (AvgIpc) is 2.32. The van der Waals surface area contributed by atoms with Crippen molar-refractivity contribution in [1.82, 2.24) is 4.98 Å². The lowest BCUT2D eigenvalue weighted by Crippen LogP contribution is -2.15. The van der Waals surface area contributed by atoms with Crippen molar-refractivity contribution >= 4 is 17.4 Å². The Kier molecular flexibility index (Phi) is 3.95. The van der Waals surface area contributed by atoms with E-state index in [-0.39, 0.29) is 5.84 Å². The van der Waals surface area contributed by atoms with E-state index in [1.165, 1.54) is 0 Å². The summed E-state index contributed by atoms with van der Waals surface area (Å²) in [5.41, 5.74) is 8.74. The molecule has 0 atom stereocenters. The summed E-state index contributed by atoms with van der Waals surface area (Å²) in [6.45, 7) is 5.67. The van der Waals surface area contributed by atoms with Crippen LogP contribution in [0.15, 0.2) is 24.3 Å². The van der Waals surface area contributed by atoms with Gasteiger partial charge in [-0.1, -0.05) is 17.7 Å². The Morgan fingerprint density at radius 2 is 1.90 bits per heavy atom. The Hall–Kier alpha value is -2.07. The summed E-state index contributed by atoms with van der Waals surface area (Å²) in [7, 11) is 0. The number of nitrogens with one attached hydrogen (secondary N) is 1. The van der Waals surface area contributed by atoms with Gasteiger partial charge in [0.2, 0.25) is 5.88 Å². The number of nitrogens with zero attached hydrogens (tertiary/aromatic N) is 1. The van der Waals surface area contributed by atoms with E-state index in [0.29, 0.717) is 22.2 Å². The van der Waals surface area contributed by atoms with Gasteiger partial charge in [-0.25, -0.2) is 4.98 Å². The van der Waals surface area contributed by atoms with Crippen molar-refractivity contribution in [3.8, 4) is 11.6 Å². The molecule has 1 heterocycles. The van der Waals surface area contributed by atoms with Crippen LogP contribution in [0.25, 0.3) is 0 Å². The van der Waals surface area contributed by atoms with Crippen LogP contribution >= 0.6 is 11.6 Å². The number of aromatic nitrogens is 1. The van der Waals surface area contributed by atoms with Crippen molar-refractivity contribution < 1.29 is 4.74 Å². The molecule has 1 aromatic heterocycles. The monoisotopic (exact) mass is 289 g/mol. The number of nitrogens with two attached hydrogens (primary N) is 1. The van der Waals surface area contributed by atoms with Gasteiger partial charge in [-0.2, -0.15) is 0 Å². The first kappa shape index (κ1) is 14.3. The molecule has 3 N–H and O–H groups in total. The van der Waals surface area contributed by atoms with Crippen LogP contribution in [0.5, 0.6) is 11.6 Å². The molecule has 0 amide bonds. The number of nitrogen functional groups attached to an aromatic ring is 1. The van der Waals surface area contributed by atoms with Crippen LogP contribution in [-0.2, 0) is 0 Å². The molecule has 1 aromatic carbocycles. The van der Waals surface area contributed by atoms with Gasteiger partial charge < -0.3 is 10.5 Å². The van der Waals surface area contributed by atoms with E-state index in [0.717, 1.165) is 16.8 Å². The van der Waals surface area contributed by atoms with E-state index in [9.17, 15) is 0 Å². The third kappa shape index (κ3) is 2.91. The van der Waals surface area contributed by atoms with Crippen molar-refractivity contribution in [3.05, 3.63) is 51.7 Å². The van der Waals surface area contributed by atoms with Crippen LogP contribution in [0.3, 0.4) is 0 Å². The van der Waals surface area contributed by atoms with E-state index in [2.05, 4.69) is 4.98 Å². The van der Waals surface area contributed by atoms with Crippen molar-refractivity contribution in [2.75, 3.05) is 0 Å². The van der Waals surface area contributed by atoms with Gasteiger partial charge in [0.15, 0.2) is 0 Å². The normalized spacial score (nSPS) is 10.4. The number of pyridine rings is 1. The zero-order valence-electron chi connectivity index (χ0n) is 11.6. The predicted molar refractivity (Wildman–Crippen MR) is 81.0 cm³/mol. The van der Waals surface area contributed by atoms with Crippen LogP contribution in [0.1, 0.15) is 22.4 Å². The molecule has 0 saturated heterocycles. The first-order valence-corrected chi connectivity index (χ1v) is 6.53. The first-order valence-electron chi connectivity index (χ1n) is 6.15. The lowest BCUT2D eigenvalue weighted by molar-refractivity contribution is 0.456. The van der Waals surface area contributed by atoms with E-state index in [1.807, 2.05) is 32.9 Å². The fourth-order valence-corrected chi connectivity index (χ4v) is 2.15. The molecular formula is C15H16ClN3O. The molecule has 0 saturated carbocycles. The SMILES string of the molecule is Cc1cc(C)c(C(=N)N)c(Oc2cc(Cl)ccc2C)n1. The minimum atomic E-state index is -0.0651. The number of hydrogen-bond donors (Lipinski definition) is 2. The summed E-state index contributed by atoms with van der Waals surface area (Å²) in [6, 6.07) is 7.26. The number of hydrogen-bond acceptors (Lipinski definition) is 3. The molecule has 0 aliphatic rings. The molecular weight excluding hydrogens is 274 g/mol. The quantitative estimate of drug-likeness (QED) is 0.668. The van der Waals surface area contributed by atoms with Gasteiger partial charge in [0.1, 0.15) is 11.6 Å². The van der Waals surface area contributed by atoms with Crippen LogP contribution in [-0.4, -0.2) is 10.8 Å². The summed E-state index contributed by atoms with van der Waals surface area (Å²) in [6.07, 6.45) is 0. The Labute approximate surface area is 123 Å². The zero-order chi connectivity index (χ0) is 14.9.